The second kappa shape index (κ2) is 4.98. The number of nitrogens with zero attached hydrogens (tertiary/aromatic N) is 3. The van der Waals surface area contributed by atoms with Crippen molar-refractivity contribution in [2.45, 2.75) is 32.2 Å². The van der Waals surface area contributed by atoms with Crippen LogP contribution < -0.4 is 5.73 Å². The third-order valence-electron chi connectivity index (χ3n) is 3.70. The highest BCUT2D eigenvalue weighted by Crippen LogP contribution is 2.15. The lowest BCUT2D eigenvalue weighted by Crippen LogP contribution is -2.24. The molecule has 0 radical (unpaired) electrons. The maximum atomic E-state index is 5.77. The second-order valence-electron chi connectivity index (χ2n) is 5.13. The second-order valence-corrected chi connectivity index (χ2v) is 5.13. The van der Waals surface area contributed by atoms with Crippen LogP contribution in [0.4, 0.5) is 5.69 Å². The number of nitrogens with two attached hydrogens (primary N) is 1. The van der Waals surface area contributed by atoms with Crippen LogP contribution in [0.25, 0.3) is 5.65 Å². The summed E-state index contributed by atoms with van der Waals surface area (Å²) in [5.74, 6) is 0. The summed E-state index contributed by atoms with van der Waals surface area (Å²) in [6.45, 7) is 3.41. The molecular formula is C14H20N4. The summed E-state index contributed by atoms with van der Waals surface area (Å²) in [6.07, 6.45) is 9.39. The number of aromatic nitrogens is 2. The molecule has 4 nitrogen and oxygen atoms in total. The highest BCUT2D eigenvalue weighted by Gasteiger charge is 2.12. The molecule has 3 heterocycles. The Balaban J connectivity index is 1.81. The van der Waals surface area contributed by atoms with Gasteiger partial charge in [-0.3, -0.25) is 4.90 Å². The van der Waals surface area contributed by atoms with Gasteiger partial charge in [-0.2, -0.15) is 0 Å². The van der Waals surface area contributed by atoms with Gasteiger partial charge in [-0.25, -0.2) is 4.98 Å². The first-order chi connectivity index (χ1) is 8.83. The first-order valence-corrected chi connectivity index (χ1v) is 6.77. The van der Waals surface area contributed by atoms with Crippen molar-refractivity contribution in [3.05, 3.63) is 30.2 Å². The molecule has 2 aromatic rings. The summed E-state index contributed by atoms with van der Waals surface area (Å²) in [4.78, 5) is 6.96. The van der Waals surface area contributed by atoms with Crippen molar-refractivity contribution in [3.8, 4) is 0 Å². The van der Waals surface area contributed by atoms with Crippen LogP contribution in [-0.2, 0) is 6.54 Å². The van der Waals surface area contributed by atoms with Gasteiger partial charge in [0.05, 0.1) is 11.9 Å². The number of imidazole rings is 1. The molecule has 1 saturated heterocycles. The Morgan fingerprint density at radius 1 is 1.17 bits per heavy atom. The molecule has 0 spiro atoms. The molecule has 1 aliphatic heterocycles. The molecule has 3 rings (SSSR count). The van der Waals surface area contributed by atoms with Gasteiger partial charge in [0.1, 0.15) is 5.65 Å². The quantitative estimate of drug-likeness (QED) is 0.881. The lowest BCUT2D eigenvalue weighted by Gasteiger charge is -2.19. The van der Waals surface area contributed by atoms with Crippen molar-refractivity contribution in [1.82, 2.24) is 14.3 Å². The fraction of sp³-hybridized carbons (Fsp3) is 0.500. The van der Waals surface area contributed by atoms with Gasteiger partial charge < -0.3 is 10.1 Å². The van der Waals surface area contributed by atoms with E-state index in [-0.39, 0.29) is 0 Å². The van der Waals surface area contributed by atoms with E-state index in [1.54, 1.807) is 0 Å². The first kappa shape index (κ1) is 11.5. The fourth-order valence-electron chi connectivity index (χ4n) is 2.69. The Hall–Kier alpha value is -1.55. The zero-order valence-electron chi connectivity index (χ0n) is 10.7. The zero-order chi connectivity index (χ0) is 12.4. The maximum Gasteiger partial charge on any atom is 0.138 e. The van der Waals surface area contributed by atoms with E-state index in [1.807, 2.05) is 24.5 Å². The molecule has 0 bridgehead atoms. The molecular weight excluding hydrogens is 224 g/mol. The van der Waals surface area contributed by atoms with E-state index in [0.717, 1.165) is 17.9 Å². The van der Waals surface area contributed by atoms with Crippen molar-refractivity contribution in [3.63, 3.8) is 0 Å². The van der Waals surface area contributed by atoms with E-state index in [9.17, 15) is 0 Å². The number of anilines is 1. The molecule has 2 N–H and O–H groups in total. The lowest BCUT2D eigenvalue weighted by molar-refractivity contribution is 0.273. The van der Waals surface area contributed by atoms with Crippen molar-refractivity contribution in [1.29, 1.82) is 0 Å². The Labute approximate surface area is 107 Å². The maximum absolute atomic E-state index is 5.77. The Bertz CT molecular complexity index is 524. The van der Waals surface area contributed by atoms with Gasteiger partial charge in [0.25, 0.3) is 0 Å². The van der Waals surface area contributed by atoms with E-state index in [2.05, 4.69) is 14.3 Å². The summed E-state index contributed by atoms with van der Waals surface area (Å²) in [5.41, 5.74) is 8.75. The average molecular weight is 244 g/mol. The van der Waals surface area contributed by atoms with E-state index in [4.69, 9.17) is 5.73 Å². The van der Waals surface area contributed by atoms with Crippen LogP contribution in [0.1, 0.15) is 31.4 Å². The summed E-state index contributed by atoms with van der Waals surface area (Å²) >= 11 is 0. The minimum absolute atomic E-state index is 0.773. The number of fused-ring (bicyclic) bond motifs is 1. The third kappa shape index (κ3) is 2.34. The molecule has 0 unspecified atom stereocenters. The van der Waals surface area contributed by atoms with Gasteiger partial charge in [-0.15, -0.1) is 0 Å². The Morgan fingerprint density at radius 2 is 1.94 bits per heavy atom. The van der Waals surface area contributed by atoms with Crippen LogP contribution in [0, 0.1) is 0 Å². The molecule has 0 amide bonds. The number of pyridine rings is 1. The number of hydrogen-bond donors (Lipinski definition) is 1. The number of likely N-dealkylation sites (tertiary alicyclic amines) is 1. The smallest absolute Gasteiger partial charge is 0.138 e. The molecule has 1 aliphatic rings. The predicted octanol–water partition coefficient (Wildman–Crippen LogP) is 2.29. The predicted molar refractivity (Wildman–Crippen MR) is 73.3 cm³/mol. The van der Waals surface area contributed by atoms with Crippen molar-refractivity contribution < 1.29 is 0 Å². The van der Waals surface area contributed by atoms with Crippen LogP contribution in [-0.4, -0.2) is 27.4 Å². The number of hydrogen-bond acceptors (Lipinski definition) is 3. The topological polar surface area (TPSA) is 46.6 Å². The van der Waals surface area contributed by atoms with Crippen LogP contribution in [0.2, 0.25) is 0 Å². The van der Waals surface area contributed by atoms with Gasteiger partial charge in [0.15, 0.2) is 0 Å². The highest BCUT2D eigenvalue weighted by molar-refractivity contribution is 5.52. The van der Waals surface area contributed by atoms with Crippen LogP contribution in [0.3, 0.4) is 0 Å². The van der Waals surface area contributed by atoms with Gasteiger partial charge in [-0.05, 0) is 32.0 Å². The minimum Gasteiger partial charge on any atom is -0.399 e. The van der Waals surface area contributed by atoms with Gasteiger partial charge >= 0.3 is 0 Å². The molecule has 18 heavy (non-hydrogen) atoms. The monoisotopic (exact) mass is 244 g/mol. The SMILES string of the molecule is Nc1ccn2c(CN3CCCCCC3)cnc2c1. The van der Waals surface area contributed by atoms with Crippen molar-refractivity contribution in [2.24, 2.45) is 0 Å². The molecule has 0 saturated carbocycles. The third-order valence-corrected chi connectivity index (χ3v) is 3.70. The summed E-state index contributed by atoms with van der Waals surface area (Å²) in [6, 6.07) is 3.85. The number of rotatable bonds is 2. The summed E-state index contributed by atoms with van der Waals surface area (Å²) in [5, 5.41) is 0. The molecule has 4 heteroatoms. The minimum atomic E-state index is 0.773. The van der Waals surface area contributed by atoms with E-state index in [0.29, 0.717) is 0 Å². The normalized spacial score (nSPS) is 18.0. The standard InChI is InChI=1S/C14H20N4/c15-12-5-8-18-13(10-16-14(18)9-12)11-17-6-3-1-2-4-7-17/h5,8-10H,1-4,6-7,11,15H2. The highest BCUT2D eigenvalue weighted by atomic mass is 15.1. The zero-order valence-corrected chi connectivity index (χ0v) is 10.7. The van der Waals surface area contributed by atoms with Gasteiger partial charge in [0.2, 0.25) is 0 Å². The Morgan fingerprint density at radius 3 is 2.72 bits per heavy atom. The molecule has 1 fully saturated rings. The summed E-state index contributed by atoms with van der Waals surface area (Å²) < 4.78 is 2.14. The average Bonchev–Trinajstić information content (AvgIpc) is 2.59. The molecule has 96 valence electrons. The van der Waals surface area contributed by atoms with E-state index < -0.39 is 0 Å². The van der Waals surface area contributed by atoms with Gasteiger partial charge in [0, 0.05) is 24.5 Å². The van der Waals surface area contributed by atoms with Crippen LogP contribution in [0.5, 0.6) is 0 Å². The molecule has 0 aliphatic carbocycles. The lowest BCUT2D eigenvalue weighted by atomic mass is 10.2. The Kier molecular flexibility index (Phi) is 3.19. The van der Waals surface area contributed by atoms with Crippen molar-refractivity contribution >= 4 is 11.3 Å². The van der Waals surface area contributed by atoms with Crippen LogP contribution in [0.15, 0.2) is 24.5 Å². The molecule has 0 aromatic carbocycles. The fourth-order valence-corrected chi connectivity index (χ4v) is 2.69. The van der Waals surface area contributed by atoms with E-state index in [1.165, 1.54) is 44.5 Å². The number of nitrogen functional groups attached to an aromatic ring is 1. The van der Waals surface area contributed by atoms with Crippen molar-refractivity contribution in [2.75, 3.05) is 18.8 Å². The summed E-state index contributed by atoms with van der Waals surface area (Å²) in [7, 11) is 0. The van der Waals surface area contributed by atoms with Crippen LogP contribution >= 0.6 is 0 Å². The van der Waals surface area contributed by atoms with E-state index >= 15 is 0 Å². The largest absolute Gasteiger partial charge is 0.399 e. The molecule has 2 aromatic heterocycles. The van der Waals surface area contributed by atoms with Gasteiger partial charge in [-0.1, -0.05) is 12.8 Å². The first-order valence-electron chi connectivity index (χ1n) is 6.77. The molecule has 0 atom stereocenters.